The van der Waals surface area contributed by atoms with Gasteiger partial charge in [-0.3, -0.25) is 4.90 Å². The number of hydrogen-bond donors (Lipinski definition) is 1. The number of aryl methyl sites for hydroxylation is 1. The number of benzene rings is 2. The Hall–Kier alpha value is -1.72. The smallest absolute Gasteiger partial charge is 0.157 e. The summed E-state index contributed by atoms with van der Waals surface area (Å²) in [6.07, 6.45) is 2.69. The summed E-state index contributed by atoms with van der Waals surface area (Å²) in [6.45, 7) is 5.59. The SMILES string of the molecule is Cc1ccc([C@@H](O)CN(CCOC2CCCCO2)Cc2ccccc2)cc1. The van der Waals surface area contributed by atoms with E-state index in [1.807, 2.05) is 30.3 Å². The average Bonchev–Trinajstić information content (AvgIpc) is 2.70. The molecule has 0 saturated carbocycles. The molecule has 1 fully saturated rings. The van der Waals surface area contributed by atoms with Crippen molar-refractivity contribution in [2.24, 2.45) is 0 Å². The highest BCUT2D eigenvalue weighted by Crippen LogP contribution is 2.18. The van der Waals surface area contributed by atoms with Crippen molar-refractivity contribution in [1.29, 1.82) is 0 Å². The Morgan fingerprint density at radius 2 is 1.89 bits per heavy atom. The predicted molar refractivity (Wildman–Crippen MR) is 107 cm³/mol. The Morgan fingerprint density at radius 1 is 1.11 bits per heavy atom. The van der Waals surface area contributed by atoms with Crippen LogP contribution in [0.5, 0.6) is 0 Å². The Morgan fingerprint density at radius 3 is 2.59 bits per heavy atom. The third kappa shape index (κ3) is 6.74. The van der Waals surface area contributed by atoms with E-state index in [2.05, 4.69) is 36.1 Å². The van der Waals surface area contributed by atoms with Gasteiger partial charge in [0.05, 0.1) is 12.7 Å². The Labute approximate surface area is 162 Å². The molecule has 1 N–H and O–H groups in total. The highest BCUT2D eigenvalue weighted by Gasteiger charge is 2.17. The lowest BCUT2D eigenvalue weighted by molar-refractivity contribution is -0.164. The fourth-order valence-corrected chi connectivity index (χ4v) is 3.37. The second-order valence-electron chi connectivity index (χ2n) is 7.31. The molecule has 1 unspecified atom stereocenters. The van der Waals surface area contributed by atoms with Crippen LogP contribution in [0, 0.1) is 6.92 Å². The quantitative estimate of drug-likeness (QED) is 0.723. The van der Waals surface area contributed by atoms with Gasteiger partial charge in [0.15, 0.2) is 6.29 Å². The number of hydrogen-bond acceptors (Lipinski definition) is 4. The highest BCUT2D eigenvalue weighted by atomic mass is 16.7. The van der Waals surface area contributed by atoms with E-state index < -0.39 is 6.10 Å². The van der Waals surface area contributed by atoms with Gasteiger partial charge in [-0.05, 0) is 37.3 Å². The van der Waals surface area contributed by atoms with Crippen LogP contribution in [0.1, 0.15) is 42.1 Å². The van der Waals surface area contributed by atoms with Crippen molar-refractivity contribution < 1.29 is 14.6 Å². The van der Waals surface area contributed by atoms with Crippen LogP contribution in [0.3, 0.4) is 0 Å². The summed E-state index contributed by atoms with van der Waals surface area (Å²) in [6, 6.07) is 18.5. The fourth-order valence-electron chi connectivity index (χ4n) is 3.37. The first-order valence-electron chi connectivity index (χ1n) is 9.95. The van der Waals surface area contributed by atoms with E-state index in [1.165, 1.54) is 17.5 Å². The Bertz CT molecular complexity index is 653. The third-order valence-corrected chi connectivity index (χ3v) is 4.99. The number of aliphatic hydroxyl groups excluding tert-OH is 1. The van der Waals surface area contributed by atoms with Crippen molar-refractivity contribution in [3.63, 3.8) is 0 Å². The molecule has 4 nitrogen and oxygen atoms in total. The van der Waals surface area contributed by atoms with Gasteiger partial charge in [0, 0.05) is 26.2 Å². The average molecular weight is 370 g/mol. The maximum atomic E-state index is 10.7. The van der Waals surface area contributed by atoms with Gasteiger partial charge in [-0.1, -0.05) is 60.2 Å². The molecule has 0 aliphatic carbocycles. The molecule has 2 aromatic rings. The van der Waals surface area contributed by atoms with Crippen LogP contribution in [0.15, 0.2) is 54.6 Å². The zero-order chi connectivity index (χ0) is 18.9. The molecule has 1 aliphatic rings. The van der Waals surface area contributed by atoms with Gasteiger partial charge >= 0.3 is 0 Å². The van der Waals surface area contributed by atoms with Crippen LogP contribution < -0.4 is 0 Å². The van der Waals surface area contributed by atoms with E-state index in [9.17, 15) is 5.11 Å². The van der Waals surface area contributed by atoms with E-state index >= 15 is 0 Å². The van der Waals surface area contributed by atoms with Crippen LogP contribution in [-0.2, 0) is 16.0 Å². The van der Waals surface area contributed by atoms with Gasteiger partial charge in [-0.25, -0.2) is 0 Å². The molecular weight excluding hydrogens is 338 g/mol. The summed E-state index contributed by atoms with van der Waals surface area (Å²) in [4.78, 5) is 2.25. The van der Waals surface area contributed by atoms with Crippen molar-refractivity contribution >= 4 is 0 Å². The van der Waals surface area contributed by atoms with Gasteiger partial charge in [0.2, 0.25) is 0 Å². The predicted octanol–water partition coefficient (Wildman–Crippen LogP) is 4.07. The molecule has 3 rings (SSSR count). The van der Waals surface area contributed by atoms with Crippen molar-refractivity contribution in [1.82, 2.24) is 4.90 Å². The number of nitrogens with zero attached hydrogens (tertiary/aromatic N) is 1. The van der Waals surface area contributed by atoms with Crippen LogP contribution in [0.2, 0.25) is 0 Å². The maximum Gasteiger partial charge on any atom is 0.157 e. The summed E-state index contributed by atoms with van der Waals surface area (Å²) >= 11 is 0. The van der Waals surface area contributed by atoms with E-state index in [-0.39, 0.29) is 6.29 Å². The molecule has 2 aromatic carbocycles. The molecule has 2 atom stereocenters. The molecule has 4 heteroatoms. The molecule has 0 aromatic heterocycles. The lowest BCUT2D eigenvalue weighted by atomic mass is 10.1. The van der Waals surface area contributed by atoms with Gasteiger partial charge in [-0.2, -0.15) is 0 Å². The first-order chi connectivity index (χ1) is 13.2. The maximum absolute atomic E-state index is 10.7. The normalized spacial score (nSPS) is 18.6. The van der Waals surface area contributed by atoms with E-state index in [4.69, 9.17) is 9.47 Å². The molecule has 27 heavy (non-hydrogen) atoms. The second kappa shape index (κ2) is 10.6. The molecule has 1 aliphatic heterocycles. The van der Waals surface area contributed by atoms with Gasteiger partial charge in [-0.15, -0.1) is 0 Å². The Kier molecular flexibility index (Phi) is 7.84. The molecule has 1 heterocycles. The summed E-state index contributed by atoms with van der Waals surface area (Å²) in [7, 11) is 0. The summed E-state index contributed by atoms with van der Waals surface area (Å²) in [5.74, 6) is 0. The Balaban J connectivity index is 1.57. The van der Waals surface area contributed by atoms with Crippen LogP contribution in [0.25, 0.3) is 0 Å². The molecule has 0 amide bonds. The van der Waals surface area contributed by atoms with Crippen molar-refractivity contribution in [2.75, 3.05) is 26.3 Å². The van der Waals surface area contributed by atoms with Crippen LogP contribution >= 0.6 is 0 Å². The fraction of sp³-hybridized carbons (Fsp3) is 0.478. The first-order valence-corrected chi connectivity index (χ1v) is 9.95. The minimum Gasteiger partial charge on any atom is -0.387 e. The molecule has 1 saturated heterocycles. The van der Waals surface area contributed by atoms with E-state index in [0.29, 0.717) is 13.2 Å². The van der Waals surface area contributed by atoms with Gasteiger partial charge in [0.1, 0.15) is 0 Å². The minimum atomic E-state index is -0.514. The van der Waals surface area contributed by atoms with Gasteiger partial charge in [0.25, 0.3) is 0 Å². The zero-order valence-electron chi connectivity index (χ0n) is 16.2. The van der Waals surface area contributed by atoms with E-state index in [0.717, 1.165) is 38.1 Å². The highest BCUT2D eigenvalue weighted by molar-refractivity contribution is 5.23. The van der Waals surface area contributed by atoms with Crippen molar-refractivity contribution in [3.05, 3.63) is 71.3 Å². The molecular formula is C23H31NO3. The van der Waals surface area contributed by atoms with Crippen LogP contribution in [0.4, 0.5) is 0 Å². The van der Waals surface area contributed by atoms with E-state index in [1.54, 1.807) is 0 Å². The molecule has 0 bridgehead atoms. The summed E-state index contributed by atoms with van der Waals surface area (Å²) < 4.78 is 11.6. The van der Waals surface area contributed by atoms with Gasteiger partial charge < -0.3 is 14.6 Å². The lowest BCUT2D eigenvalue weighted by Gasteiger charge is -2.27. The topological polar surface area (TPSA) is 41.9 Å². The molecule has 0 spiro atoms. The molecule has 146 valence electrons. The second-order valence-corrected chi connectivity index (χ2v) is 7.31. The summed E-state index contributed by atoms with van der Waals surface area (Å²) in [5.41, 5.74) is 3.39. The zero-order valence-corrected chi connectivity index (χ0v) is 16.2. The third-order valence-electron chi connectivity index (χ3n) is 4.99. The summed E-state index contributed by atoms with van der Waals surface area (Å²) in [5, 5.41) is 10.7. The lowest BCUT2D eigenvalue weighted by Crippen LogP contribution is -2.33. The van der Waals surface area contributed by atoms with Crippen LogP contribution in [-0.4, -0.2) is 42.6 Å². The number of aliphatic hydroxyl groups is 1. The number of rotatable bonds is 9. The number of ether oxygens (including phenoxy) is 2. The largest absolute Gasteiger partial charge is 0.387 e. The minimum absolute atomic E-state index is 0.0700. The standard InChI is InChI=1S/C23H31NO3/c1-19-10-12-21(13-11-19)22(25)18-24(17-20-7-3-2-4-8-20)14-16-27-23-9-5-6-15-26-23/h2-4,7-8,10-13,22-23,25H,5-6,9,14-18H2,1H3/t22-,23?/m0/s1. The first kappa shape index (κ1) is 20.0. The molecule has 0 radical (unpaired) electrons. The van der Waals surface area contributed by atoms with Crippen molar-refractivity contribution in [3.8, 4) is 0 Å². The monoisotopic (exact) mass is 369 g/mol. The van der Waals surface area contributed by atoms with Crippen molar-refractivity contribution in [2.45, 2.75) is 45.1 Å².